The monoisotopic (exact) mass is 307 g/mol. The first kappa shape index (κ1) is 14.6. The van der Waals surface area contributed by atoms with Crippen LogP contribution in [0.4, 0.5) is 0 Å². The summed E-state index contributed by atoms with van der Waals surface area (Å²) in [6.45, 7) is 1.05. The van der Waals surface area contributed by atoms with Crippen LogP contribution in [0.3, 0.4) is 0 Å². The van der Waals surface area contributed by atoms with Gasteiger partial charge in [-0.15, -0.1) is 0 Å². The summed E-state index contributed by atoms with van der Waals surface area (Å²) in [6.07, 6.45) is 4.53. The highest BCUT2D eigenvalue weighted by Gasteiger charge is 2.23. The van der Waals surface area contributed by atoms with Crippen LogP contribution >= 0.6 is 0 Å². The van der Waals surface area contributed by atoms with Crippen LogP contribution in [0.5, 0.6) is 0 Å². The molecule has 0 bridgehead atoms. The molecule has 0 saturated carbocycles. The molecular formula is C15H21N3O2S. The first-order valence-corrected chi connectivity index (χ1v) is 9.21. The van der Waals surface area contributed by atoms with Gasteiger partial charge in [0.2, 0.25) is 10.0 Å². The molecule has 0 aliphatic heterocycles. The van der Waals surface area contributed by atoms with Crippen molar-refractivity contribution in [3.63, 3.8) is 0 Å². The molecule has 0 spiro atoms. The Morgan fingerprint density at radius 2 is 2.10 bits per heavy atom. The van der Waals surface area contributed by atoms with Crippen molar-refractivity contribution in [3.05, 3.63) is 35.5 Å². The molecule has 1 aliphatic rings. The van der Waals surface area contributed by atoms with Gasteiger partial charge in [0.15, 0.2) is 0 Å². The van der Waals surface area contributed by atoms with Crippen molar-refractivity contribution in [2.75, 3.05) is 19.3 Å². The van der Waals surface area contributed by atoms with Crippen LogP contribution in [0.15, 0.2) is 24.3 Å². The Kier molecular flexibility index (Phi) is 4.01. The third-order valence-electron chi connectivity index (χ3n) is 3.99. The second-order valence-corrected chi connectivity index (χ2v) is 7.46. The Morgan fingerprint density at radius 1 is 1.29 bits per heavy atom. The summed E-state index contributed by atoms with van der Waals surface area (Å²) < 4.78 is 24.6. The highest BCUT2D eigenvalue weighted by atomic mass is 32.2. The van der Waals surface area contributed by atoms with Gasteiger partial charge < -0.3 is 10.3 Å². The zero-order chi connectivity index (χ0) is 14.9. The zero-order valence-corrected chi connectivity index (χ0v) is 13.0. The van der Waals surface area contributed by atoms with Crippen molar-refractivity contribution in [1.82, 2.24) is 15.0 Å². The molecule has 1 unspecified atom stereocenters. The van der Waals surface area contributed by atoms with Crippen LogP contribution in [-0.4, -0.2) is 32.7 Å². The standard InChI is InChI=1S/C15H21N3O2S/c1-21(19,20)17-10-9-16-14-8-4-6-12-11-5-2-3-7-13(11)18-15(12)14/h2-3,5,7,14,16-18H,4,6,8-10H2,1H3. The summed E-state index contributed by atoms with van der Waals surface area (Å²) in [5, 5.41) is 4.77. The van der Waals surface area contributed by atoms with E-state index in [1.807, 2.05) is 6.07 Å². The van der Waals surface area contributed by atoms with Crippen LogP contribution in [0.25, 0.3) is 10.9 Å². The second-order valence-electron chi connectivity index (χ2n) is 5.63. The summed E-state index contributed by atoms with van der Waals surface area (Å²) in [7, 11) is -3.11. The predicted molar refractivity (Wildman–Crippen MR) is 84.8 cm³/mol. The lowest BCUT2D eigenvalue weighted by Gasteiger charge is -2.24. The number of aromatic nitrogens is 1. The van der Waals surface area contributed by atoms with Crippen molar-refractivity contribution in [1.29, 1.82) is 0 Å². The lowest BCUT2D eigenvalue weighted by Crippen LogP contribution is -2.34. The summed E-state index contributed by atoms with van der Waals surface area (Å²) in [4.78, 5) is 3.52. The molecule has 114 valence electrons. The van der Waals surface area contributed by atoms with Gasteiger partial charge in [0, 0.05) is 35.7 Å². The fourth-order valence-electron chi connectivity index (χ4n) is 3.10. The molecule has 1 aromatic carbocycles. The maximum Gasteiger partial charge on any atom is 0.208 e. The molecule has 0 radical (unpaired) electrons. The SMILES string of the molecule is CS(=O)(=O)NCCNC1CCCc2c1[nH]c1ccccc21. The number of sulfonamides is 1. The highest BCUT2D eigenvalue weighted by Crippen LogP contribution is 2.34. The van der Waals surface area contributed by atoms with Crippen LogP contribution in [-0.2, 0) is 16.4 Å². The summed E-state index contributed by atoms with van der Waals surface area (Å²) in [5.41, 5.74) is 3.86. The number of H-pyrrole nitrogens is 1. The predicted octanol–water partition coefficient (Wildman–Crippen LogP) is 1.68. The second kappa shape index (κ2) is 5.79. The van der Waals surface area contributed by atoms with Crippen LogP contribution in [0, 0.1) is 0 Å². The molecule has 0 fully saturated rings. The Morgan fingerprint density at radius 3 is 2.90 bits per heavy atom. The highest BCUT2D eigenvalue weighted by molar-refractivity contribution is 7.88. The van der Waals surface area contributed by atoms with E-state index in [1.165, 1.54) is 28.4 Å². The van der Waals surface area contributed by atoms with E-state index < -0.39 is 10.0 Å². The molecule has 5 nitrogen and oxygen atoms in total. The molecule has 6 heteroatoms. The van der Waals surface area contributed by atoms with Crippen molar-refractivity contribution >= 4 is 20.9 Å². The third-order valence-corrected chi connectivity index (χ3v) is 4.72. The van der Waals surface area contributed by atoms with Crippen LogP contribution in [0.2, 0.25) is 0 Å². The smallest absolute Gasteiger partial charge is 0.208 e. The number of aryl methyl sites for hydroxylation is 1. The van der Waals surface area contributed by atoms with E-state index in [4.69, 9.17) is 0 Å². The number of fused-ring (bicyclic) bond motifs is 3. The lowest BCUT2D eigenvalue weighted by molar-refractivity contribution is 0.455. The van der Waals surface area contributed by atoms with Crippen molar-refractivity contribution in [2.45, 2.75) is 25.3 Å². The van der Waals surface area contributed by atoms with E-state index in [9.17, 15) is 8.42 Å². The molecule has 0 amide bonds. The Balaban J connectivity index is 1.72. The lowest BCUT2D eigenvalue weighted by atomic mass is 9.92. The molecule has 1 aliphatic carbocycles. The van der Waals surface area contributed by atoms with E-state index in [0.717, 1.165) is 19.3 Å². The maximum atomic E-state index is 11.1. The average Bonchev–Trinajstić information content (AvgIpc) is 2.82. The minimum Gasteiger partial charge on any atom is -0.357 e. The van der Waals surface area contributed by atoms with Gasteiger partial charge >= 0.3 is 0 Å². The average molecular weight is 307 g/mol. The van der Waals surface area contributed by atoms with E-state index >= 15 is 0 Å². The number of aromatic amines is 1. The molecule has 2 aromatic rings. The maximum absolute atomic E-state index is 11.1. The Labute approximate surface area is 125 Å². The quantitative estimate of drug-likeness (QED) is 0.736. The van der Waals surface area contributed by atoms with Gasteiger partial charge in [-0.3, -0.25) is 0 Å². The largest absolute Gasteiger partial charge is 0.357 e. The van der Waals surface area contributed by atoms with Crippen molar-refractivity contribution < 1.29 is 8.42 Å². The summed E-state index contributed by atoms with van der Waals surface area (Å²) >= 11 is 0. The number of para-hydroxylation sites is 1. The molecule has 1 heterocycles. The van der Waals surface area contributed by atoms with Gasteiger partial charge in [-0.05, 0) is 30.9 Å². The Hall–Kier alpha value is -1.37. The van der Waals surface area contributed by atoms with Crippen molar-refractivity contribution in [3.8, 4) is 0 Å². The molecule has 0 saturated heterocycles. The van der Waals surface area contributed by atoms with E-state index in [-0.39, 0.29) is 6.04 Å². The summed E-state index contributed by atoms with van der Waals surface area (Å²) in [6, 6.07) is 8.67. The van der Waals surface area contributed by atoms with E-state index in [2.05, 4.69) is 33.2 Å². The van der Waals surface area contributed by atoms with Crippen LogP contribution in [0.1, 0.15) is 30.1 Å². The van der Waals surface area contributed by atoms with Gasteiger partial charge in [0.1, 0.15) is 0 Å². The number of benzene rings is 1. The summed E-state index contributed by atoms with van der Waals surface area (Å²) in [5.74, 6) is 0. The van der Waals surface area contributed by atoms with Gasteiger partial charge in [0.05, 0.1) is 6.26 Å². The van der Waals surface area contributed by atoms with Gasteiger partial charge in [-0.1, -0.05) is 18.2 Å². The number of hydrogen-bond donors (Lipinski definition) is 3. The fraction of sp³-hybridized carbons (Fsp3) is 0.467. The van der Waals surface area contributed by atoms with Gasteiger partial charge in [-0.2, -0.15) is 0 Å². The van der Waals surface area contributed by atoms with E-state index in [0.29, 0.717) is 13.1 Å². The normalized spacial score (nSPS) is 18.8. The minimum atomic E-state index is -3.11. The molecular weight excluding hydrogens is 286 g/mol. The third kappa shape index (κ3) is 3.28. The Bertz CT molecular complexity index is 736. The van der Waals surface area contributed by atoms with E-state index in [1.54, 1.807) is 0 Å². The molecule has 3 N–H and O–H groups in total. The van der Waals surface area contributed by atoms with Crippen LogP contribution < -0.4 is 10.0 Å². The molecule has 3 rings (SSSR count). The van der Waals surface area contributed by atoms with Gasteiger partial charge in [0.25, 0.3) is 0 Å². The molecule has 21 heavy (non-hydrogen) atoms. The number of rotatable bonds is 5. The van der Waals surface area contributed by atoms with Gasteiger partial charge in [-0.25, -0.2) is 13.1 Å². The topological polar surface area (TPSA) is 74.0 Å². The minimum absolute atomic E-state index is 0.280. The first-order chi connectivity index (χ1) is 10.0. The zero-order valence-electron chi connectivity index (χ0n) is 12.1. The number of hydrogen-bond acceptors (Lipinski definition) is 3. The number of nitrogens with one attached hydrogen (secondary N) is 3. The first-order valence-electron chi connectivity index (χ1n) is 7.32. The molecule has 1 atom stereocenters. The fourth-order valence-corrected chi connectivity index (χ4v) is 3.57. The molecule has 1 aromatic heterocycles. The van der Waals surface area contributed by atoms with Crippen molar-refractivity contribution in [2.24, 2.45) is 0 Å².